The molecule has 0 saturated carbocycles. The predicted octanol–water partition coefficient (Wildman–Crippen LogP) is -1.40. The summed E-state index contributed by atoms with van der Waals surface area (Å²) in [5, 5.41) is -0.240. The van der Waals surface area contributed by atoms with Gasteiger partial charge < -0.3 is 19.4 Å². The van der Waals surface area contributed by atoms with Crippen molar-refractivity contribution in [3.63, 3.8) is 0 Å². The van der Waals surface area contributed by atoms with E-state index in [-0.39, 0.29) is 17.1 Å². The fourth-order valence-corrected chi connectivity index (χ4v) is 4.87. The van der Waals surface area contributed by atoms with E-state index in [2.05, 4.69) is 36.4 Å². The Morgan fingerprint density at radius 1 is 1.18 bits per heavy atom. The van der Waals surface area contributed by atoms with E-state index in [1.54, 1.807) is 16.7 Å². The Hall–Kier alpha value is -1.83. The fraction of sp³-hybridized carbons (Fsp3) is 0.524. The summed E-state index contributed by atoms with van der Waals surface area (Å²) in [5.74, 6) is 0.735. The molecule has 6 nitrogen and oxygen atoms in total. The van der Waals surface area contributed by atoms with Gasteiger partial charge in [-0.2, -0.15) is 0 Å². The molecule has 28 heavy (non-hydrogen) atoms. The number of ether oxygens (including phenoxy) is 1. The van der Waals surface area contributed by atoms with Crippen molar-refractivity contribution in [2.75, 3.05) is 65.2 Å². The molecule has 0 bridgehead atoms. The average Bonchev–Trinajstić information content (AvgIpc) is 2.75. The van der Waals surface area contributed by atoms with E-state index < -0.39 is 0 Å². The standard InChI is InChI=1S/C21H29N3O3S/c1-27-21(26)19-16-24(14-15-28-19)20(25)17-23-12-10-22(11-13-23)9-5-8-18-6-3-2-4-7-18/h2-8,19H,9-17H2,1H3/p+2/b8-5+/t19-/m1/s1. The second-order valence-electron chi connectivity index (χ2n) is 7.42. The minimum atomic E-state index is -0.240. The van der Waals surface area contributed by atoms with Crippen molar-refractivity contribution in [3.05, 3.63) is 42.0 Å². The molecule has 7 heteroatoms. The minimum absolute atomic E-state index is 0.164. The Morgan fingerprint density at radius 3 is 2.61 bits per heavy atom. The van der Waals surface area contributed by atoms with Crippen molar-refractivity contribution in [3.8, 4) is 0 Å². The van der Waals surface area contributed by atoms with Gasteiger partial charge in [0.25, 0.3) is 5.91 Å². The number of hydrogen-bond acceptors (Lipinski definition) is 4. The van der Waals surface area contributed by atoms with Crippen LogP contribution in [0.15, 0.2) is 36.4 Å². The van der Waals surface area contributed by atoms with Gasteiger partial charge in [-0.05, 0) is 11.6 Å². The molecular formula is C21H31N3O3S+2. The number of carbonyl (C=O) groups is 2. The number of piperazine rings is 1. The van der Waals surface area contributed by atoms with Gasteiger partial charge in [-0.3, -0.25) is 9.59 Å². The van der Waals surface area contributed by atoms with Crippen LogP contribution in [0.5, 0.6) is 0 Å². The van der Waals surface area contributed by atoms with Crippen molar-refractivity contribution < 1.29 is 24.1 Å². The second kappa shape index (κ2) is 10.6. The number of nitrogens with one attached hydrogen (secondary N) is 2. The molecule has 0 spiro atoms. The number of hydrogen-bond donors (Lipinski definition) is 2. The van der Waals surface area contributed by atoms with E-state index >= 15 is 0 Å². The van der Waals surface area contributed by atoms with Gasteiger partial charge in [0.05, 0.1) is 13.7 Å². The minimum Gasteiger partial charge on any atom is -0.468 e. The predicted molar refractivity (Wildman–Crippen MR) is 111 cm³/mol. The fourth-order valence-electron chi connectivity index (χ4n) is 3.74. The lowest BCUT2D eigenvalue weighted by molar-refractivity contribution is -1.01. The lowest BCUT2D eigenvalue weighted by Gasteiger charge is -2.33. The second-order valence-corrected chi connectivity index (χ2v) is 8.73. The summed E-state index contributed by atoms with van der Waals surface area (Å²) in [4.78, 5) is 29.2. The Kier molecular flexibility index (Phi) is 7.94. The van der Waals surface area contributed by atoms with Gasteiger partial charge in [-0.1, -0.05) is 36.4 Å². The molecule has 0 unspecified atom stereocenters. The summed E-state index contributed by atoms with van der Waals surface area (Å²) in [6.07, 6.45) is 4.43. The molecule has 2 heterocycles. The first kappa shape index (κ1) is 20.9. The van der Waals surface area contributed by atoms with Crippen LogP contribution in [0.3, 0.4) is 0 Å². The Bertz CT molecular complexity index is 675. The molecular weight excluding hydrogens is 374 g/mol. The molecule has 3 rings (SSSR count). The molecule has 0 aliphatic carbocycles. The third kappa shape index (κ3) is 6.09. The highest BCUT2D eigenvalue weighted by Crippen LogP contribution is 2.19. The summed E-state index contributed by atoms with van der Waals surface area (Å²) >= 11 is 1.58. The van der Waals surface area contributed by atoms with Gasteiger partial charge in [0.1, 0.15) is 31.4 Å². The van der Waals surface area contributed by atoms with Crippen LogP contribution in [-0.4, -0.2) is 87.2 Å². The van der Waals surface area contributed by atoms with Crippen LogP contribution in [0.2, 0.25) is 0 Å². The highest BCUT2D eigenvalue weighted by Gasteiger charge is 2.32. The Balaban J connectivity index is 1.38. The van der Waals surface area contributed by atoms with E-state index in [4.69, 9.17) is 4.74 Å². The maximum atomic E-state index is 12.7. The lowest BCUT2D eigenvalue weighted by atomic mass is 10.2. The van der Waals surface area contributed by atoms with Gasteiger partial charge in [-0.25, -0.2) is 0 Å². The van der Waals surface area contributed by atoms with Crippen molar-refractivity contribution in [2.24, 2.45) is 0 Å². The van der Waals surface area contributed by atoms with E-state index in [0.717, 1.165) is 45.0 Å². The maximum absolute atomic E-state index is 12.7. The SMILES string of the molecule is COC(=O)[C@H]1CN(C(=O)C[NH+]2CC[NH+](C/C=C/c3ccccc3)CC2)CCS1. The van der Waals surface area contributed by atoms with Crippen molar-refractivity contribution >= 4 is 29.7 Å². The number of amides is 1. The van der Waals surface area contributed by atoms with Crippen LogP contribution in [0.25, 0.3) is 6.08 Å². The molecule has 2 aliphatic rings. The zero-order valence-electron chi connectivity index (χ0n) is 16.6. The summed E-state index contributed by atoms with van der Waals surface area (Å²) < 4.78 is 4.83. The molecule has 1 aromatic carbocycles. The number of rotatable bonds is 6. The van der Waals surface area contributed by atoms with E-state index in [1.165, 1.54) is 17.6 Å². The van der Waals surface area contributed by atoms with Crippen molar-refractivity contribution in [1.29, 1.82) is 0 Å². The Morgan fingerprint density at radius 2 is 1.89 bits per heavy atom. The molecule has 1 amide bonds. The molecule has 0 radical (unpaired) electrons. The molecule has 2 saturated heterocycles. The van der Waals surface area contributed by atoms with Gasteiger partial charge in [0, 0.05) is 18.8 Å². The number of carbonyl (C=O) groups excluding carboxylic acids is 2. The highest BCUT2D eigenvalue weighted by atomic mass is 32.2. The lowest BCUT2D eigenvalue weighted by Crippen LogP contribution is -3.28. The normalized spacial score (nSPS) is 25.6. The van der Waals surface area contributed by atoms with Gasteiger partial charge >= 0.3 is 5.97 Å². The van der Waals surface area contributed by atoms with Crippen LogP contribution >= 0.6 is 11.8 Å². The van der Waals surface area contributed by atoms with Gasteiger partial charge in [-0.15, -0.1) is 11.8 Å². The first-order valence-electron chi connectivity index (χ1n) is 10.0. The van der Waals surface area contributed by atoms with Gasteiger partial charge in [0.2, 0.25) is 0 Å². The summed E-state index contributed by atoms with van der Waals surface area (Å²) in [6.45, 7) is 6.97. The summed E-state index contributed by atoms with van der Waals surface area (Å²) in [6, 6.07) is 10.4. The summed E-state index contributed by atoms with van der Waals surface area (Å²) in [5.41, 5.74) is 1.24. The van der Waals surface area contributed by atoms with Crippen LogP contribution in [0.4, 0.5) is 0 Å². The molecule has 2 N–H and O–H groups in total. The van der Waals surface area contributed by atoms with Crippen LogP contribution in [0.1, 0.15) is 5.56 Å². The monoisotopic (exact) mass is 405 g/mol. The molecule has 2 fully saturated rings. The number of quaternary nitrogens is 2. The molecule has 2 aliphatic heterocycles. The smallest absolute Gasteiger partial charge is 0.320 e. The third-order valence-corrected chi connectivity index (χ3v) is 6.63. The number of esters is 1. The molecule has 1 aromatic rings. The third-order valence-electron chi connectivity index (χ3n) is 5.47. The summed E-state index contributed by atoms with van der Waals surface area (Å²) in [7, 11) is 1.41. The Labute approximate surface area is 171 Å². The van der Waals surface area contributed by atoms with Crippen LogP contribution in [0, 0.1) is 0 Å². The molecule has 1 atom stereocenters. The largest absolute Gasteiger partial charge is 0.468 e. The van der Waals surface area contributed by atoms with Crippen molar-refractivity contribution in [2.45, 2.75) is 5.25 Å². The van der Waals surface area contributed by atoms with Gasteiger partial charge in [0.15, 0.2) is 6.54 Å². The first-order valence-corrected chi connectivity index (χ1v) is 11.1. The van der Waals surface area contributed by atoms with Crippen LogP contribution < -0.4 is 9.80 Å². The van der Waals surface area contributed by atoms with E-state index in [0.29, 0.717) is 13.1 Å². The molecule has 152 valence electrons. The average molecular weight is 406 g/mol. The number of nitrogens with zero attached hydrogens (tertiary/aromatic N) is 1. The zero-order chi connectivity index (χ0) is 19.8. The molecule has 0 aromatic heterocycles. The van der Waals surface area contributed by atoms with E-state index in [9.17, 15) is 9.59 Å². The quantitative estimate of drug-likeness (QED) is 0.572. The highest BCUT2D eigenvalue weighted by molar-refractivity contribution is 8.00. The zero-order valence-corrected chi connectivity index (χ0v) is 17.4. The van der Waals surface area contributed by atoms with Crippen molar-refractivity contribution in [1.82, 2.24) is 4.90 Å². The topological polar surface area (TPSA) is 55.5 Å². The number of benzene rings is 1. The van der Waals surface area contributed by atoms with E-state index in [1.807, 2.05) is 11.0 Å². The maximum Gasteiger partial charge on any atom is 0.320 e. The number of methoxy groups -OCH3 is 1. The van der Waals surface area contributed by atoms with Crippen LogP contribution in [-0.2, 0) is 14.3 Å². The number of thioether (sulfide) groups is 1. The first-order chi connectivity index (χ1) is 13.7.